The largest absolute Gasteiger partial charge is 0.242 e. The number of halogens is 2. The van der Waals surface area contributed by atoms with Crippen LogP contribution >= 0.6 is 22.3 Å². The molecule has 0 aliphatic heterocycles. The maximum atomic E-state index is 11.7. The van der Waals surface area contributed by atoms with Gasteiger partial charge in [0.25, 0.3) is 0 Å². The Bertz CT molecular complexity index is 598. The lowest BCUT2D eigenvalue weighted by Crippen LogP contribution is -2.28. The zero-order valence-corrected chi connectivity index (χ0v) is 11.6. The summed E-state index contributed by atoms with van der Waals surface area (Å²) in [6.07, 6.45) is 0. The van der Waals surface area contributed by atoms with E-state index in [2.05, 4.69) is 4.72 Å². The van der Waals surface area contributed by atoms with Gasteiger partial charge in [-0.2, -0.15) is 0 Å². The molecule has 96 valence electrons. The molecule has 0 amide bonds. The third-order valence-corrected chi connectivity index (χ3v) is 4.88. The second kappa shape index (κ2) is 5.53. The number of nitrogens with one attached hydrogen (secondary N) is 1. The van der Waals surface area contributed by atoms with Crippen LogP contribution in [-0.4, -0.2) is 29.1 Å². The zero-order chi connectivity index (χ0) is 13.1. The Labute approximate surface area is 109 Å². The molecule has 0 unspecified atom stereocenters. The van der Waals surface area contributed by atoms with E-state index >= 15 is 0 Å². The SMILES string of the molecule is O=S(=O)(Cl)CCNS(=O)(=O)c1ccccc1Cl. The summed E-state index contributed by atoms with van der Waals surface area (Å²) in [6, 6.07) is 5.84. The van der Waals surface area contributed by atoms with Gasteiger partial charge in [0.15, 0.2) is 0 Å². The lowest BCUT2D eigenvalue weighted by atomic mass is 10.4. The summed E-state index contributed by atoms with van der Waals surface area (Å²) in [4.78, 5) is -0.103. The van der Waals surface area contributed by atoms with Crippen LogP contribution in [0.1, 0.15) is 0 Å². The molecule has 17 heavy (non-hydrogen) atoms. The van der Waals surface area contributed by atoms with Crippen LogP contribution in [0.3, 0.4) is 0 Å². The van der Waals surface area contributed by atoms with E-state index in [-0.39, 0.29) is 16.5 Å². The minimum absolute atomic E-state index is 0.0636. The highest BCUT2D eigenvalue weighted by Crippen LogP contribution is 2.19. The number of sulfonamides is 1. The van der Waals surface area contributed by atoms with E-state index in [0.717, 1.165) is 0 Å². The Balaban J connectivity index is 2.81. The fraction of sp³-hybridized carbons (Fsp3) is 0.250. The molecule has 0 fully saturated rings. The predicted molar refractivity (Wildman–Crippen MR) is 66.3 cm³/mol. The van der Waals surface area contributed by atoms with E-state index in [1.165, 1.54) is 18.2 Å². The summed E-state index contributed by atoms with van der Waals surface area (Å²) in [7, 11) is -2.59. The highest BCUT2D eigenvalue weighted by molar-refractivity contribution is 8.13. The second-order valence-corrected chi connectivity index (χ2v) is 8.11. The molecule has 1 N–H and O–H groups in total. The van der Waals surface area contributed by atoms with Gasteiger partial charge in [-0.1, -0.05) is 23.7 Å². The molecular weight excluding hydrogens is 309 g/mol. The molecule has 5 nitrogen and oxygen atoms in total. The van der Waals surface area contributed by atoms with Gasteiger partial charge in [0.1, 0.15) is 4.90 Å². The van der Waals surface area contributed by atoms with Crippen LogP contribution in [0.2, 0.25) is 5.02 Å². The maximum absolute atomic E-state index is 11.7. The standard InChI is InChI=1S/C8H9Cl2NO4S2/c9-7-3-1-2-4-8(7)17(14,15)11-5-6-16(10,12)13/h1-4,11H,5-6H2. The molecular formula is C8H9Cl2NO4S2. The first-order valence-corrected chi connectivity index (χ1v) is 8.73. The number of benzene rings is 1. The Morgan fingerprint density at radius 2 is 1.71 bits per heavy atom. The molecule has 0 spiro atoms. The molecule has 0 aromatic heterocycles. The van der Waals surface area contributed by atoms with Crippen LogP contribution in [0.15, 0.2) is 29.2 Å². The second-order valence-electron chi connectivity index (χ2n) is 3.07. The first-order valence-electron chi connectivity index (χ1n) is 4.39. The summed E-state index contributed by atoms with van der Waals surface area (Å²) in [5, 5.41) is 0.0636. The van der Waals surface area contributed by atoms with Gasteiger partial charge in [-0.25, -0.2) is 21.6 Å². The summed E-state index contributed by atoms with van der Waals surface area (Å²) in [5.41, 5.74) is 0. The molecule has 0 heterocycles. The zero-order valence-electron chi connectivity index (χ0n) is 8.43. The van der Waals surface area contributed by atoms with Crippen molar-refractivity contribution in [2.75, 3.05) is 12.3 Å². The van der Waals surface area contributed by atoms with Crippen LogP contribution in [0.25, 0.3) is 0 Å². The highest BCUT2D eigenvalue weighted by Gasteiger charge is 2.17. The van der Waals surface area contributed by atoms with Crippen molar-refractivity contribution >= 4 is 41.4 Å². The number of rotatable bonds is 5. The quantitative estimate of drug-likeness (QED) is 0.827. The van der Waals surface area contributed by atoms with Crippen molar-refractivity contribution < 1.29 is 16.8 Å². The fourth-order valence-electron chi connectivity index (χ4n) is 1.04. The van der Waals surface area contributed by atoms with E-state index in [0.29, 0.717) is 0 Å². The first kappa shape index (κ1) is 14.7. The number of hydrogen-bond donors (Lipinski definition) is 1. The molecule has 9 heteroatoms. The van der Waals surface area contributed by atoms with Crippen LogP contribution < -0.4 is 4.72 Å². The van der Waals surface area contributed by atoms with Crippen molar-refractivity contribution in [1.29, 1.82) is 0 Å². The molecule has 1 aromatic carbocycles. The molecule has 0 aliphatic rings. The van der Waals surface area contributed by atoms with Crippen LogP contribution in [0.4, 0.5) is 0 Å². The average molecular weight is 318 g/mol. The predicted octanol–water partition coefficient (Wildman–Crippen LogP) is 1.19. The van der Waals surface area contributed by atoms with E-state index in [1.807, 2.05) is 0 Å². The van der Waals surface area contributed by atoms with Crippen LogP contribution in [0, 0.1) is 0 Å². The van der Waals surface area contributed by atoms with E-state index < -0.39 is 24.8 Å². The Morgan fingerprint density at radius 1 is 1.12 bits per heavy atom. The van der Waals surface area contributed by atoms with E-state index in [4.69, 9.17) is 22.3 Å². The van der Waals surface area contributed by atoms with Crippen molar-refractivity contribution in [3.8, 4) is 0 Å². The molecule has 0 saturated heterocycles. The van der Waals surface area contributed by atoms with Crippen molar-refractivity contribution in [1.82, 2.24) is 4.72 Å². The third-order valence-electron chi connectivity index (χ3n) is 1.76. The Hall–Kier alpha value is -0.340. The maximum Gasteiger partial charge on any atom is 0.242 e. The Morgan fingerprint density at radius 3 is 2.24 bits per heavy atom. The highest BCUT2D eigenvalue weighted by atomic mass is 35.7. The summed E-state index contributed by atoms with van der Waals surface area (Å²) >= 11 is 5.71. The van der Waals surface area contributed by atoms with Gasteiger partial charge in [0.2, 0.25) is 19.1 Å². The van der Waals surface area contributed by atoms with Crippen LogP contribution in [0.5, 0.6) is 0 Å². The third kappa shape index (κ3) is 4.81. The molecule has 1 aromatic rings. The molecule has 0 radical (unpaired) electrons. The molecule has 0 bridgehead atoms. The van der Waals surface area contributed by atoms with Gasteiger partial charge in [-0.3, -0.25) is 0 Å². The Kier molecular flexibility index (Phi) is 4.79. The molecule has 0 atom stereocenters. The summed E-state index contributed by atoms with van der Waals surface area (Å²) < 4.78 is 46.8. The minimum Gasteiger partial charge on any atom is -0.212 e. The van der Waals surface area contributed by atoms with E-state index in [1.54, 1.807) is 6.07 Å². The van der Waals surface area contributed by atoms with Gasteiger partial charge in [0, 0.05) is 17.2 Å². The number of hydrogen-bond acceptors (Lipinski definition) is 4. The molecule has 1 rings (SSSR count). The van der Waals surface area contributed by atoms with E-state index in [9.17, 15) is 16.8 Å². The first-order chi connectivity index (χ1) is 7.72. The summed E-state index contributed by atoms with van der Waals surface area (Å²) in [6.45, 7) is -0.306. The topological polar surface area (TPSA) is 80.3 Å². The van der Waals surface area contributed by atoms with Gasteiger partial charge in [-0.05, 0) is 12.1 Å². The fourth-order valence-corrected chi connectivity index (χ4v) is 3.29. The van der Waals surface area contributed by atoms with Gasteiger partial charge >= 0.3 is 0 Å². The van der Waals surface area contributed by atoms with Gasteiger partial charge in [0.05, 0.1) is 10.8 Å². The van der Waals surface area contributed by atoms with Crippen molar-refractivity contribution in [2.24, 2.45) is 0 Å². The monoisotopic (exact) mass is 317 g/mol. The lowest BCUT2D eigenvalue weighted by molar-refractivity contribution is 0.583. The normalized spacial score (nSPS) is 12.6. The van der Waals surface area contributed by atoms with Crippen molar-refractivity contribution in [3.63, 3.8) is 0 Å². The van der Waals surface area contributed by atoms with Gasteiger partial charge in [-0.15, -0.1) is 0 Å². The molecule has 0 saturated carbocycles. The lowest BCUT2D eigenvalue weighted by Gasteiger charge is -2.06. The average Bonchev–Trinajstić information content (AvgIpc) is 2.15. The summed E-state index contributed by atoms with van der Waals surface area (Å²) in [5.74, 6) is -0.488. The smallest absolute Gasteiger partial charge is 0.212 e. The van der Waals surface area contributed by atoms with Crippen molar-refractivity contribution in [3.05, 3.63) is 29.3 Å². The molecule has 0 aliphatic carbocycles. The van der Waals surface area contributed by atoms with Crippen LogP contribution in [-0.2, 0) is 19.1 Å². The minimum atomic E-state index is -3.82. The van der Waals surface area contributed by atoms with Crippen molar-refractivity contribution in [2.45, 2.75) is 4.90 Å². The van der Waals surface area contributed by atoms with Gasteiger partial charge < -0.3 is 0 Å².